The molecule has 0 amide bonds. The maximum absolute atomic E-state index is 13.4. The second-order valence-corrected chi connectivity index (χ2v) is 8.35. The molecule has 2 aliphatic carbocycles. The van der Waals surface area contributed by atoms with Crippen molar-refractivity contribution in [2.45, 2.75) is 51.0 Å². The summed E-state index contributed by atoms with van der Waals surface area (Å²) in [6, 6.07) is 0.251. The molecule has 32 heavy (non-hydrogen) atoms. The molecule has 0 saturated heterocycles. The molecule has 3 N–H and O–H groups in total. The van der Waals surface area contributed by atoms with Crippen molar-refractivity contribution in [2.75, 3.05) is 26.1 Å². The summed E-state index contributed by atoms with van der Waals surface area (Å²) in [4.78, 5) is 30.7. The van der Waals surface area contributed by atoms with Crippen LogP contribution in [0.25, 0.3) is 11.6 Å². The number of aromatic nitrogens is 4. The summed E-state index contributed by atoms with van der Waals surface area (Å²) >= 11 is 0. The first-order valence-electron chi connectivity index (χ1n) is 11.0. The Bertz CT molecular complexity index is 1000. The van der Waals surface area contributed by atoms with Gasteiger partial charge in [-0.2, -0.15) is 0 Å². The van der Waals surface area contributed by atoms with Gasteiger partial charge in [-0.05, 0) is 44.6 Å². The molecule has 0 aliphatic heterocycles. The lowest BCUT2D eigenvalue weighted by atomic mass is 9.75. The van der Waals surface area contributed by atoms with Crippen LogP contribution in [0.1, 0.15) is 60.5 Å². The largest absolute Gasteiger partial charge is 0.467 e. The first-order valence-corrected chi connectivity index (χ1v) is 11.0. The third kappa shape index (κ3) is 4.63. The van der Waals surface area contributed by atoms with E-state index in [2.05, 4.69) is 19.9 Å². The smallest absolute Gasteiger partial charge is 0.316 e. The second-order valence-electron chi connectivity index (χ2n) is 8.35. The molecule has 1 atom stereocenters. The van der Waals surface area contributed by atoms with E-state index in [0.29, 0.717) is 30.1 Å². The fraction of sp³-hybridized carbons (Fsp3) is 0.522. The lowest BCUT2D eigenvalue weighted by Crippen LogP contribution is -2.28. The van der Waals surface area contributed by atoms with Gasteiger partial charge in [0, 0.05) is 41.4 Å². The van der Waals surface area contributed by atoms with Gasteiger partial charge >= 0.3 is 6.01 Å². The third-order valence-corrected chi connectivity index (χ3v) is 6.38. The molecule has 2 heterocycles. The van der Waals surface area contributed by atoms with Gasteiger partial charge in [-0.25, -0.2) is 19.9 Å². The number of allylic oxidation sites excluding steroid dienone is 1. The molecule has 2 aliphatic rings. The Labute approximate surface area is 187 Å². The zero-order chi connectivity index (χ0) is 22.7. The summed E-state index contributed by atoms with van der Waals surface area (Å²) in [5.41, 5.74) is 9.63. The van der Waals surface area contributed by atoms with Gasteiger partial charge in [0.2, 0.25) is 5.95 Å². The number of carbonyl (C=O) groups excluding carboxylic acids is 1. The number of aliphatic hydroxyl groups excluding tert-OH is 1. The van der Waals surface area contributed by atoms with Crippen LogP contribution in [0.15, 0.2) is 12.4 Å². The minimum atomic E-state index is -0.0480. The maximum Gasteiger partial charge on any atom is 0.316 e. The van der Waals surface area contributed by atoms with E-state index in [1.54, 1.807) is 12.4 Å². The van der Waals surface area contributed by atoms with E-state index < -0.39 is 0 Å². The number of rotatable bonds is 6. The minimum Gasteiger partial charge on any atom is -0.467 e. The summed E-state index contributed by atoms with van der Waals surface area (Å²) in [5, 5.41) is 9.01. The lowest BCUT2D eigenvalue weighted by molar-refractivity contribution is -0.114. The van der Waals surface area contributed by atoms with E-state index in [0.717, 1.165) is 42.6 Å². The predicted octanol–water partition coefficient (Wildman–Crippen LogP) is 2.33. The van der Waals surface area contributed by atoms with Crippen molar-refractivity contribution < 1.29 is 19.4 Å². The average Bonchev–Trinajstić information content (AvgIpc) is 2.95. The van der Waals surface area contributed by atoms with Crippen LogP contribution in [0.5, 0.6) is 6.01 Å². The number of ether oxygens (including phenoxy) is 2. The van der Waals surface area contributed by atoms with Crippen LogP contribution in [0.4, 0.5) is 5.95 Å². The van der Waals surface area contributed by atoms with Crippen molar-refractivity contribution in [1.29, 1.82) is 0 Å². The van der Waals surface area contributed by atoms with E-state index in [1.165, 1.54) is 7.11 Å². The maximum atomic E-state index is 13.4. The van der Waals surface area contributed by atoms with Crippen molar-refractivity contribution in [3.05, 3.63) is 34.9 Å². The van der Waals surface area contributed by atoms with Crippen LogP contribution in [-0.2, 0) is 9.53 Å². The number of hydrogen-bond acceptors (Lipinski definition) is 9. The summed E-state index contributed by atoms with van der Waals surface area (Å²) < 4.78 is 10.8. The normalized spacial score (nSPS) is 23.3. The fourth-order valence-electron chi connectivity index (χ4n) is 4.79. The highest BCUT2D eigenvalue weighted by Gasteiger charge is 2.36. The van der Waals surface area contributed by atoms with Crippen molar-refractivity contribution in [1.82, 2.24) is 19.9 Å². The van der Waals surface area contributed by atoms with Gasteiger partial charge in [0.15, 0.2) is 5.78 Å². The van der Waals surface area contributed by atoms with E-state index in [-0.39, 0.29) is 36.4 Å². The Balaban J connectivity index is 1.66. The van der Waals surface area contributed by atoms with Crippen molar-refractivity contribution in [2.24, 2.45) is 5.92 Å². The SMILES string of the molecule is COc1ncc(C2=Cc3c(C)nc(N)nc3[C@@H](C3CCC(OCCO)CC3)CC2=O)cn1. The Kier molecular flexibility index (Phi) is 6.76. The molecule has 9 nitrogen and oxygen atoms in total. The van der Waals surface area contributed by atoms with E-state index in [9.17, 15) is 4.79 Å². The van der Waals surface area contributed by atoms with Gasteiger partial charge in [0.1, 0.15) is 0 Å². The Hall–Kier alpha value is -2.91. The Morgan fingerprint density at radius 2 is 1.88 bits per heavy atom. The number of Topliss-reactive ketones (excluding diaryl/α,β-unsaturated/α-hetero) is 1. The van der Waals surface area contributed by atoms with Crippen LogP contribution in [0.2, 0.25) is 0 Å². The Morgan fingerprint density at radius 3 is 2.53 bits per heavy atom. The zero-order valence-electron chi connectivity index (χ0n) is 18.5. The number of hydrogen-bond donors (Lipinski definition) is 2. The number of aryl methyl sites for hydroxylation is 1. The highest BCUT2D eigenvalue weighted by atomic mass is 16.5. The topological polar surface area (TPSA) is 133 Å². The number of ketones is 1. The molecule has 0 aromatic carbocycles. The molecule has 9 heteroatoms. The second kappa shape index (κ2) is 9.70. The lowest BCUT2D eigenvalue weighted by Gasteiger charge is -2.33. The molecule has 1 fully saturated rings. The van der Waals surface area contributed by atoms with Crippen molar-refractivity contribution in [3.8, 4) is 6.01 Å². The van der Waals surface area contributed by atoms with Gasteiger partial charge in [0.25, 0.3) is 0 Å². The number of nitrogens with zero attached hydrogens (tertiary/aromatic N) is 4. The van der Waals surface area contributed by atoms with Crippen LogP contribution >= 0.6 is 0 Å². The number of nitrogen functional groups attached to an aromatic ring is 1. The molecule has 0 bridgehead atoms. The zero-order valence-corrected chi connectivity index (χ0v) is 18.5. The molecule has 170 valence electrons. The number of nitrogens with two attached hydrogens (primary N) is 1. The third-order valence-electron chi connectivity index (χ3n) is 6.38. The van der Waals surface area contributed by atoms with Crippen molar-refractivity contribution >= 4 is 23.4 Å². The van der Waals surface area contributed by atoms with Gasteiger partial charge in [-0.3, -0.25) is 4.79 Å². The summed E-state index contributed by atoms with van der Waals surface area (Å²) in [7, 11) is 1.50. The quantitative estimate of drug-likeness (QED) is 0.695. The predicted molar refractivity (Wildman–Crippen MR) is 119 cm³/mol. The summed E-state index contributed by atoms with van der Waals surface area (Å²) in [5.74, 6) is 0.495. The van der Waals surface area contributed by atoms with Gasteiger partial charge in [-0.15, -0.1) is 0 Å². The number of carbonyl (C=O) groups is 1. The molecule has 1 saturated carbocycles. The molecule has 0 spiro atoms. The first kappa shape index (κ1) is 22.3. The van der Waals surface area contributed by atoms with Crippen LogP contribution in [0.3, 0.4) is 0 Å². The van der Waals surface area contributed by atoms with E-state index >= 15 is 0 Å². The summed E-state index contributed by atoms with van der Waals surface area (Å²) in [6.07, 6.45) is 9.21. The molecular weight excluding hydrogens is 410 g/mol. The van der Waals surface area contributed by atoms with Crippen LogP contribution in [0, 0.1) is 12.8 Å². The number of aliphatic hydroxyl groups is 1. The van der Waals surface area contributed by atoms with Gasteiger partial charge in [0.05, 0.1) is 37.8 Å². The monoisotopic (exact) mass is 439 g/mol. The number of methoxy groups -OCH3 is 1. The molecular formula is C23H29N5O4. The average molecular weight is 440 g/mol. The van der Waals surface area contributed by atoms with Crippen LogP contribution < -0.4 is 10.5 Å². The number of anilines is 1. The minimum absolute atomic E-state index is 0.0263. The molecule has 0 radical (unpaired) electrons. The highest BCUT2D eigenvalue weighted by Crippen LogP contribution is 2.43. The molecule has 2 aromatic heterocycles. The van der Waals surface area contributed by atoms with Gasteiger partial charge < -0.3 is 20.3 Å². The van der Waals surface area contributed by atoms with Gasteiger partial charge in [-0.1, -0.05) is 0 Å². The van der Waals surface area contributed by atoms with E-state index in [1.807, 2.05) is 13.0 Å². The fourth-order valence-corrected chi connectivity index (χ4v) is 4.79. The first-order chi connectivity index (χ1) is 15.5. The molecule has 0 unspecified atom stereocenters. The van der Waals surface area contributed by atoms with Crippen LogP contribution in [-0.4, -0.2) is 57.3 Å². The molecule has 4 rings (SSSR count). The Morgan fingerprint density at radius 1 is 1.16 bits per heavy atom. The van der Waals surface area contributed by atoms with Crippen molar-refractivity contribution in [3.63, 3.8) is 0 Å². The number of fused-ring (bicyclic) bond motifs is 1. The highest BCUT2D eigenvalue weighted by molar-refractivity contribution is 6.26. The molecule has 2 aromatic rings. The summed E-state index contributed by atoms with van der Waals surface area (Å²) in [6.45, 7) is 2.28. The standard InChI is InChI=1S/C23H29N5O4/c1-13-17-9-18(15-11-25-23(31-2)26-12-15)20(30)10-19(21(17)28-22(24)27-13)14-3-5-16(6-4-14)32-8-7-29/h9,11-12,14,16,19,29H,3-8,10H2,1-2H3,(H2,24,27,28)/t14?,16?,19-/m1/s1. The van der Waals surface area contributed by atoms with E-state index in [4.69, 9.17) is 20.3 Å².